The van der Waals surface area contributed by atoms with Gasteiger partial charge in [0.05, 0.1) is 11.0 Å². The monoisotopic (exact) mass is 635 g/mol. The molecule has 2 nitrogen and oxygen atoms in total. The Labute approximate surface area is 288 Å². The number of hydrogen-bond acceptors (Lipinski definition) is 1. The van der Waals surface area contributed by atoms with E-state index in [0.717, 1.165) is 27.6 Å². The van der Waals surface area contributed by atoms with Crippen LogP contribution in [0.25, 0.3) is 104 Å². The van der Waals surface area contributed by atoms with E-state index >= 15 is 0 Å². The molecular formula is C48H29NO. The molecule has 2 heterocycles. The quantitative estimate of drug-likeness (QED) is 0.177. The van der Waals surface area contributed by atoms with Crippen LogP contribution in [0.2, 0.25) is 0 Å². The number of furan rings is 1. The average molecular weight is 636 g/mol. The Hall–Kier alpha value is -6.64. The zero-order valence-corrected chi connectivity index (χ0v) is 27.1. The van der Waals surface area contributed by atoms with Crippen molar-refractivity contribution in [3.8, 4) is 27.9 Å². The Balaban J connectivity index is 1.25. The van der Waals surface area contributed by atoms with Gasteiger partial charge in [-0.2, -0.15) is 0 Å². The van der Waals surface area contributed by atoms with E-state index in [1.807, 2.05) is 6.07 Å². The largest absolute Gasteiger partial charge is 0.456 e. The fraction of sp³-hybridized carbons (Fsp3) is 0. The van der Waals surface area contributed by atoms with Crippen LogP contribution >= 0.6 is 0 Å². The lowest BCUT2D eigenvalue weighted by molar-refractivity contribution is 0.669. The fourth-order valence-electron chi connectivity index (χ4n) is 8.42. The minimum atomic E-state index is 0.913. The van der Waals surface area contributed by atoms with Crippen molar-refractivity contribution in [2.45, 2.75) is 0 Å². The topological polar surface area (TPSA) is 18.1 Å². The van der Waals surface area contributed by atoms with E-state index in [9.17, 15) is 0 Å². The van der Waals surface area contributed by atoms with Crippen molar-refractivity contribution >= 4 is 76.1 Å². The van der Waals surface area contributed by atoms with Gasteiger partial charge in [0.2, 0.25) is 0 Å². The molecule has 0 bridgehead atoms. The van der Waals surface area contributed by atoms with Crippen molar-refractivity contribution in [3.05, 3.63) is 176 Å². The molecule has 0 N–H and O–H groups in total. The predicted octanol–water partition coefficient (Wildman–Crippen LogP) is 13.5. The third-order valence-corrected chi connectivity index (χ3v) is 10.6. The van der Waals surface area contributed by atoms with Crippen molar-refractivity contribution in [2.75, 3.05) is 0 Å². The molecule has 9 aromatic carbocycles. The van der Waals surface area contributed by atoms with Gasteiger partial charge >= 0.3 is 0 Å². The third kappa shape index (κ3) is 3.85. The summed E-state index contributed by atoms with van der Waals surface area (Å²) in [6.45, 7) is 0. The summed E-state index contributed by atoms with van der Waals surface area (Å²) in [6.07, 6.45) is 0. The Bertz CT molecular complexity index is 3080. The summed E-state index contributed by atoms with van der Waals surface area (Å²) >= 11 is 0. The molecule has 0 aliphatic heterocycles. The number of nitrogens with zero attached hydrogens (tertiary/aromatic N) is 1. The summed E-state index contributed by atoms with van der Waals surface area (Å²) in [5, 5.41) is 12.2. The lowest BCUT2D eigenvalue weighted by Gasteiger charge is -2.19. The van der Waals surface area contributed by atoms with Crippen LogP contribution in [-0.4, -0.2) is 4.57 Å². The number of fused-ring (bicyclic) bond motifs is 9. The van der Waals surface area contributed by atoms with Crippen molar-refractivity contribution < 1.29 is 4.42 Å². The molecule has 11 rings (SSSR count). The molecule has 232 valence electrons. The van der Waals surface area contributed by atoms with Gasteiger partial charge in [0, 0.05) is 27.2 Å². The summed E-state index contributed by atoms with van der Waals surface area (Å²) in [5.41, 5.74) is 10.3. The van der Waals surface area contributed by atoms with Gasteiger partial charge in [-0.15, -0.1) is 0 Å². The lowest BCUT2D eigenvalue weighted by Crippen LogP contribution is -1.94. The number of para-hydroxylation sites is 2. The van der Waals surface area contributed by atoms with E-state index in [1.165, 1.54) is 76.4 Å². The molecule has 50 heavy (non-hydrogen) atoms. The molecule has 2 aromatic heterocycles. The Morgan fingerprint density at radius 1 is 0.340 bits per heavy atom. The lowest BCUT2D eigenvalue weighted by atomic mass is 9.84. The highest BCUT2D eigenvalue weighted by Gasteiger charge is 2.21. The molecule has 11 aromatic rings. The van der Waals surface area contributed by atoms with Crippen LogP contribution < -0.4 is 0 Å². The van der Waals surface area contributed by atoms with Crippen molar-refractivity contribution in [2.24, 2.45) is 0 Å². The summed E-state index contributed by atoms with van der Waals surface area (Å²) in [5.74, 6) is 0. The van der Waals surface area contributed by atoms with Crippen LogP contribution in [0.15, 0.2) is 180 Å². The molecular weight excluding hydrogens is 607 g/mol. The molecule has 0 atom stereocenters. The fourth-order valence-corrected chi connectivity index (χ4v) is 8.42. The molecule has 0 saturated carbocycles. The highest BCUT2D eigenvalue weighted by atomic mass is 16.3. The van der Waals surface area contributed by atoms with E-state index < -0.39 is 0 Å². The number of benzene rings is 9. The zero-order chi connectivity index (χ0) is 32.8. The van der Waals surface area contributed by atoms with Crippen LogP contribution in [0.5, 0.6) is 0 Å². The molecule has 2 heteroatoms. The maximum Gasteiger partial charge on any atom is 0.136 e. The highest BCUT2D eigenvalue weighted by Crippen LogP contribution is 2.46. The molecule has 0 aliphatic carbocycles. The highest BCUT2D eigenvalue weighted by molar-refractivity contribution is 6.24. The van der Waals surface area contributed by atoms with Gasteiger partial charge in [-0.3, -0.25) is 0 Å². The first-order valence-corrected chi connectivity index (χ1v) is 17.2. The van der Waals surface area contributed by atoms with Gasteiger partial charge in [-0.1, -0.05) is 140 Å². The third-order valence-electron chi connectivity index (χ3n) is 10.6. The number of aromatic nitrogens is 1. The normalized spacial score (nSPS) is 12.0. The predicted molar refractivity (Wildman–Crippen MR) is 211 cm³/mol. The van der Waals surface area contributed by atoms with Crippen molar-refractivity contribution in [1.29, 1.82) is 0 Å². The van der Waals surface area contributed by atoms with E-state index in [4.69, 9.17) is 4.42 Å². The van der Waals surface area contributed by atoms with E-state index in [0.29, 0.717) is 0 Å². The van der Waals surface area contributed by atoms with Crippen molar-refractivity contribution in [3.63, 3.8) is 0 Å². The molecule has 0 spiro atoms. The molecule has 0 unspecified atom stereocenters. The number of rotatable bonds is 3. The van der Waals surface area contributed by atoms with Gasteiger partial charge in [0.1, 0.15) is 11.2 Å². The van der Waals surface area contributed by atoms with Crippen LogP contribution in [0, 0.1) is 0 Å². The van der Waals surface area contributed by atoms with Gasteiger partial charge in [0.25, 0.3) is 0 Å². The second-order valence-electron chi connectivity index (χ2n) is 13.2. The zero-order valence-electron chi connectivity index (χ0n) is 27.1. The second-order valence-corrected chi connectivity index (χ2v) is 13.2. The average Bonchev–Trinajstić information content (AvgIpc) is 3.70. The Morgan fingerprint density at radius 3 is 1.70 bits per heavy atom. The summed E-state index contributed by atoms with van der Waals surface area (Å²) in [4.78, 5) is 0. The van der Waals surface area contributed by atoms with Crippen LogP contribution in [0.1, 0.15) is 0 Å². The maximum absolute atomic E-state index is 6.38. The Kier molecular flexibility index (Phi) is 5.70. The first kappa shape index (κ1) is 27.3. The van der Waals surface area contributed by atoms with Crippen LogP contribution in [0.3, 0.4) is 0 Å². The van der Waals surface area contributed by atoms with Gasteiger partial charge in [-0.05, 0) is 91.0 Å². The van der Waals surface area contributed by atoms with Crippen LogP contribution in [0.4, 0.5) is 0 Å². The maximum atomic E-state index is 6.38. The first-order valence-electron chi connectivity index (χ1n) is 17.2. The molecule has 0 radical (unpaired) electrons. The van der Waals surface area contributed by atoms with Gasteiger partial charge in [-0.25, -0.2) is 0 Å². The first-order chi connectivity index (χ1) is 24.8. The standard InChI is InChI=1S/C48H29NO/c1-2-15-32(16-3-1)49-43-27-31(25-26-34(43)41-29-46-42(28-44(41)49)35-18-10-11-24-45(35)50-46)47-37-19-6-8-21-39(37)48(40-22-9-7-20-38(40)47)36-23-12-14-30-13-4-5-17-33(30)36/h1-29H. The second kappa shape index (κ2) is 10.4. The van der Waals surface area contributed by atoms with E-state index in [-0.39, 0.29) is 0 Å². The van der Waals surface area contributed by atoms with Crippen molar-refractivity contribution in [1.82, 2.24) is 4.57 Å². The molecule has 0 fully saturated rings. The molecule has 0 aliphatic rings. The smallest absolute Gasteiger partial charge is 0.136 e. The minimum Gasteiger partial charge on any atom is -0.456 e. The minimum absolute atomic E-state index is 0.913. The summed E-state index contributed by atoms with van der Waals surface area (Å²) < 4.78 is 8.80. The van der Waals surface area contributed by atoms with Gasteiger partial charge < -0.3 is 8.98 Å². The van der Waals surface area contributed by atoms with Crippen LogP contribution in [-0.2, 0) is 0 Å². The van der Waals surface area contributed by atoms with E-state index in [1.54, 1.807) is 0 Å². The Morgan fingerprint density at radius 2 is 0.940 bits per heavy atom. The van der Waals surface area contributed by atoms with E-state index in [2.05, 4.69) is 174 Å². The number of hydrogen-bond donors (Lipinski definition) is 0. The van der Waals surface area contributed by atoms with Gasteiger partial charge in [0.15, 0.2) is 0 Å². The SMILES string of the molecule is c1ccc(-n2c3cc(-c4c5ccccc5c(-c5cccc6ccccc56)c5ccccc45)ccc3c3cc4oc5ccccc5c4cc32)cc1. The summed E-state index contributed by atoms with van der Waals surface area (Å²) in [7, 11) is 0. The summed E-state index contributed by atoms with van der Waals surface area (Å²) in [6, 6.07) is 63.9. The molecule has 0 saturated heterocycles. The molecule has 0 amide bonds.